The highest BCUT2D eigenvalue weighted by molar-refractivity contribution is 5.82. The molecule has 1 aliphatic rings. The molecular weight excluding hydrogens is 365 g/mol. The first-order valence-electron chi connectivity index (χ1n) is 9.56. The molecule has 1 saturated heterocycles. The van der Waals surface area contributed by atoms with Gasteiger partial charge in [0.25, 0.3) is 0 Å². The summed E-state index contributed by atoms with van der Waals surface area (Å²) in [6.45, 7) is 5.45. The first kappa shape index (κ1) is 21.7. The minimum Gasteiger partial charge on any atom is -0.481 e. The molecule has 0 aromatic heterocycles. The van der Waals surface area contributed by atoms with Gasteiger partial charge in [0, 0.05) is 19.6 Å². The van der Waals surface area contributed by atoms with Gasteiger partial charge in [0.2, 0.25) is 5.91 Å². The number of carboxylic acids is 1. The number of carbonyl (C=O) groups is 3. The molecule has 2 unspecified atom stereocenters. The minimum absolute atomic E-state index is 0.188. The highest BCUT2D eigenvalue weighted by Crippen LogP contribution is 2.21. The molecule has 1 fully saturated rings. The summed E-state index contributed by atoms with van der Waals surface area (Å²) < 4.78 is 13.2. The Balaban J connectivity index is 2.00. The third-order valence-electron chi connectivity index (χ3n) is 4.71. The standard InChI is InChI=1S/C20H28FN3O4/c1-13(2)11-22-20(28)24-9-3-4-15(12-24)19(27)23-17(10-18(25)26)14-5-7-16(21)8-6-14/h5-8,13,15,17H,3-4,9-12H2,1-2H3,(H,22,28)(H,23,27)(H,25,26). The molecular formula is C20H28FN3O4. The van der Waals surface area contributed by atoms with Gasteiger partial charge in [0.1, 0.15) is 5.82 Å². The SMILES string of the molecule is CC(C)CNC(=O)N1CCCC(C(=O)NC(CC(=O)O)c2ccc(F)cc2)C1. The Labute approximate surface area is 164 Å². The second-order valence-corrected chi connectivity index (χ2v) is 7.58. The average molecular weight is 393 g/mol. The number of aliphatic carboxylic acids is 1. The number of carboxylic acid groups (broad SMARTS) is 1. The number of piperidine rings is 1. The van der Waals surface area contributed by atoms with E-state index in [2.05, 4.69) is 10.6 Å². The van der Waals surface area contributed by atoms with Gasteiger partial charge in [0.15, 0.2) is 0 Å². The van der Waals surface area contributed by atoms with Crippen molar-refractivity contribution < 1.29 is 23.9 Å². The van der Waals surface area contributed by atoms with E-state index in [0.717, 1.165) is 0 Å². The monoisotopic (exact) mass is 393 g/mol. The van der Waals surface area contributed by atoms with Gasteiger partial charge in [-0.05, 0) is 36.5 Å². The molecule has 0 aliphatic carbocycles. The normalized spacial score (nSPS) is 17.9. The largest absolute Gasteiger partial charge is 0.481 e. The molecule has 1 aliphatic heterocycles. The van der Waals surface area contributed by atoms with E-state index in [9.17, 15) is 18.8 Å². The topological polar surface area (TPSA) is 98.7 Å². The molecule has 28 heavy (non-hydrogen) atoms. The number of urea groups is 1. The summed E-state index contributed by atoms with van der Waals surface area (Å²) in [4.78, 5) is 37.8. The summed E-state index contributed by atoms with van der Waals surface area (Å²) in [5.41, 5.74) is 0.527. The van der Waals surface area contributed by atoms with E-state index in [0.29, 0.717) is 44.0 Å². The summed E-state index contributed by atoms with van der Waals surface area (Å²) in [6, 6.07) is 4.46. The highest BCUT2D eigenvalue weighted by atomic mass is 19.1. The van der Waals surface area contributed by atoms with Gasteiger partial charge in [-0.1, -0.05) is 26.0 Å². The van der Waals surface area contributed by atoms with Crippen LogP contribution in [0.25, 0.3) is 0 Å². The number of rotatable bonds is 7. The molecule has 3 N–H and O–H groups in total. The van der Waals surface area contributed by atoms with Crippen LogP contribution in [0.5, 0.6) is 0 Å². The minimum atomic E-state index is -1.06. The van der Waals surface area contributed by atoms with E-state index in [1.54, 1.807) is 4.90 Å². The fourth-order valence-electron chi connectivity index (χ4n) is 3.19. The number of hydrogen-bond donors (Lipinski definition) is 3. The number of likely N-dealkylation sites (tertiary alicyclic amines) is 1. The maximum absolute atomic E-state index is 13.2. The third kappa shape index (κ3) is 6.51. The molecule has 7 nitrogen and oxygen atoms in total. The van der Waals surface area contributed by atoms with Crippen LogP contribution in [0.1, 0.15) is 44.7 Å². The Morgan fingerprint density at radius 1 is 1.25 bits per heavy atom. The van der Waals surface area contributed by atoms with E-state index in [4.69, 9.17) is 5.11 Å². The van der Waals surface area contributed by atoms with Crippen molar-refractivity contribution in [3.63, 3.8) is 0 Å². The van der Waals surface area contributed by atoms with Crippen LogP contribution in [-0.4, -0.2) is 47.5 Å². The molecule has 1 heterocycles. The van der Waals surface area contributed by atoms with Crippen LogP contribution < -0.4 is 10.6 Å². The molecule has 2 rings (SSSR count). The summed E-state index contributed by atoms with van der Waals surface area (Å²) in [7, 11) is 0. The fourth-order valence-corrected chi connectivity index (χ4v) is 3.19. The van der Waals surface area contributed by atoms with Crippen LogP contribution in [0, 0.1) is 17.7 Å². The third-order valence-corrected chi connectivity index (χ3v) is 4.71. The zero-order chi connectivity index (χ0) is 20.7. The van der Waals surface area contributed by atoms with E-state index in [1.165, 1.54) is 24.3 Å². The Kier molecular flexibility index (Phi) is 7.78. The van der Waals surface area contributed by atoms with Gasteiger partial charge in [-0.15, -0.1) is 0 Å². The quantitative estimate of drug-likeness (QED) is 0.663. The first-order valence-corrected chi connectivity index (χ1v) is 9.56. The molecule has 154 valence electrons. The van der Waals surface area contributed by atoms with Gasteiger partial charge in [-0.2, -0.15) is 0 Å². The number of amides is 3. The number of halogens is 1. The molecule has 0 bridgehead atoms. The number of benzene rings is 1. The van der Waals surface area contributed by atoms with Crippen LogP contribution in [0.2, 0.25) is 0 Å². The highest BCUT2D eigenvalue weighted by Gasteiger charge is 2.30. The number of hydrogen-bond acceptors (Lipinski definition) is 3. The maximum Gasteiger partial charge on any atom is 0.317 e. The van der Waals surface area contributed by atoms with E-state index >= 15 is 0 Å². The maximum atomic E-state index is 13.2. The molecule has 2 atom stereocenters. The second kappa shape index (κ2) is 10.1. The van der Waals surface area contributed by atoms with Gasteiger partial charge < -0.3 is 20.6 Å². The molecule has 0 radical (unpaired) electrons. The summed E-state index contributed by atoms with van der Waals surface area (Å²) in [5, 5.41) is 14.8. The fraction of sp³-hybridized carbons (Fsp3) is 0.550. The predicted molar refractivity (Wildman–Crippen MR) is 102 cm³/mol. The number of carbonyl (C=O) groups excluding carboxylic acids is 2. The Hall–Kier alpha value is -2.64. The van der Waals surface area contributed by atoms with Crippen molar-refractivity contribution in [3.8, 4) is 0 Å². The zero-order valence-electron chi connectivity index (χ0n) is 16.3. The first-order chi connectivity index (χ1) is 13.3. The van der Waals surface area contributed by atoms with Crippen molar-refractivity contribution in [1.82, 2.24) is 15.5 Å². The molecule has 0 spiro atoms. The lowest BCUT2D eigenvalue weighted by atomic mass is 9.95. The van der Waals surface area contributed by atoms with Crippen LogP contribution >= 0.6 is 0 Å². The van der Waals surface area contributed by atoms with E-state index < -0.39 is 23.7 Å². The van der Waals surface area contributed by atoms with Crippen molar-refractivity contribution in [2.45, 2.75) is 39.2 Å². The summed E-state index contributed by atoms with van der Waals surface area (Å²) >= 11 is 0. The lowest BCUT2D eigenvalue weighted by Gasteiger charge is -2.33. The lowest BCUT2D eigenvalue weighted by Crippen LogP contribution is -2.49. The van der Waals surface area contributed by atoms with Gasteiger partial charge >= 0.3 is 12.0 Å². The van der Waals surface area contributed by atoms with Crippen molar-refractivity contribution in [1.29, 1.82) is 0 Å². The number of nitrogens with one attached hydrogen (secondary N) is 2. The van der Waals surface area contributed by atoms with Crippen molar-refractivity contribution >= 4 is 17.9 Å². The zero-order valence-corrected chi connectivity index (χ0v) is 16.3. The van der Waals surface area contributed by atoms with Crippen molar-refractivity contribution in [3.05, 3.63) is 35.6 Å². The Morgan fingerprint density at radius 2 is 1.93 bits per heavy atom. The second-order valence-electron chi connectivity index (χ2n) is 7.58. The lowest BCUT2D eigenvalue weighted by molar-refractivity contribution is -0.138. The molecule has 1 aromatic rings. The molecule has 0 saturated carbocycles. The van der Waals surface area contributed by atoms with E-state index in [-0.39, 0.29) is 18.4 Å². The van der Waals surface area contributed by atoms with Gasteiger partial charge in [-0.3, -0.25) is 9.59 Å². The summed E-state index contributed by atoms with van der Waals surface area (Å²) in [6.07, 6.45) is 1.03. The van der Waals surface area contributed by atoms with Crippen LogP contribution in [0.4, 0.5) is 9.18 Å². The van der Waals surface area contributed by atoms with Crippen LogP contribution in [0.15, 0.2) is 24.3 Å². The number of nitrogens with zero attached hydrogens (tertiary/aromatic N) is 1. The smallest absolute Gasteiger partial charge is 0.317 e. The molecule has 8 heteroatoms. The van der Waals surface area contributed by atoms with Crippen LogP contribution in [-0.2, 0) is 9.59 Å². The summed E-state index contributed by atoms with van der Waals surface area (Å²) in [5.74, 6) is -1.86. The average Bonchev–Trinajstić information content (AvgIpc) is 2.65. The van der Waals surface area contributed by atoms with Crippen molar-refractivity contribution in [2.75, 3.05) is 19.6 Å². The van der Waals surface area contributed by atoms with E-state index in [1.807, 2.05) is 13.8 Å². The Bertz CT molecular complexity index is 693. The molecule has 3 amide bonds. The van der Waals surface area contributed by atoms with Gasteiger partial charge in [-0.25, -0.2) is 9.18 Å². The van der Waals surface area contributed by atoms with Crippen molar-refractivity contribution in [2.24, 2.45) is 11.8 Å². The predicted octanol–water partition coefficient (Wildman–Crippen LogP) is 2.54. The molecule has 1 aromatic carbocycles. The van der Waals surface area contributed by atoms with Crippen LogP contribution in [0.3, 0.4) is 0 Å². The Morgan fingerprint density at radius 3 is 2.54 bits per heavy atom. The van der Waals surface area contributed by atoms with Gasteiger partial charge in [0.05, 0.1) is 18.4 Å².